The van der Waals surface area contributed by atoms with Crippen LogP contribution in [0.15, 0.2) is 11.4 Å². The highest BCUT2D eigenvalue weighted by Crippen LogP contribution is 2.16. The van der Waals surface area contributed by atoms with Crippen LogP contribution in [0.2, 0.25) is 0 Å². The number of amidine groups is 1. The molecule has 9 nitrogen and oxygen atoms in total. The Bertz CT molecular complexity index is 683. The Morgan fingerprint density at radius 1 is 1.55 bits per heavy atom. The lowest BCUT2D eigenvalue weighted by atomic mass is 10.2. The molecule has 1 amide bonds. The number of aryl methyl sites for hydroxylation is 2. The molecule has 0 spiro atoms. The number of carbonyl (C=O) groups is 1. The second kappa shape index (κ2) is 5.03. The minimum Gasteiger partial charge on any atom is -0.409 e. The molecular formula is C11H15N7O2. The van der Waals surface area contributed by atoms with Gasteiger partial charge in [-0.15, -0.1) is 0 Å². The van der Waals surface area contributed by atoms with Crippen molar-refractivity contribution in [1.29, 1.82) is 0 Å². The van der Waals surface area contributed by atoms with Gasteiger partial charge < -0.3 is 16.3 Å². The number of nitrogens with two attached hydrogens (primary N) is 1. The second-order valence-corrected chi connectivity index (χ2v) is 4.27. The van der Waals surface area contributed by atoms with Gasteiger partial charge in [0.25, 0.3) is 5.91 Å². The fraction of sp³-hybridized carbons (Fsp3) is 0.273. The van der Waals surface area contributed by atoms with Crippen LogP contribution in [0.25, 0.3) is 0 Å². The molecule has 0 saturated heterocycles. The third kappa shape index (κ3) is 2.20. The topological polar surface area (TPSA) is 134 Å². The lowest BCUT2D eigenvalue weighted by molar-refractivity contribution is 0.102. The summed E-state index contributed by atoms with van der Waals surface area (Å²) in [5.41, 5.74) is 7.63. The van der Waals surface area contributed by atoms with Crippen LogP contribution in [0.4, 0.5) is 5.82 Å². The van der Waals surface area contributed by atoms with Crippen molar-refractivity contribution in [2.75, 3.05) is 5.32 Å². The summed E-state index contributed by atoms with van der Waals surface area (Å²) >= 11 is 0. The van der Waals surface area contributed by atoms with Crippen molar-refractivity contribution in [3.05, 3.63) is 28.7 Å². The van der Waals surface area contributed by atoms with E-state index in [-0.39, 0.29) is 17.6 Å². The van der Waals surface area contributed by atoms with Crippen LogP contribution in [-0.2, 0) is 7.05 Å². The minimum absolute atomic E-state index is 0.145. The molecule has 2 aromatic rings. The fourth-order valence-electron chi connectivity index (χ4n) is 1.91. The number of hydrogen-bond acceptors (Lipinski definition) is 5. The molecule has 9 heteroatoms. The Balaban J connectivity index is 2.31. The van der Waals surface area contributed by atoms with Gasteiger partial charge in [0, 0.05) is 12.7 Å². The van der Waals surface area contributed by atoms with Crippen LogP contribution >= 0.6 is 0 Å². The zero-order valence-corrected chi connectivity index (χ0v) is 11.3. The van der Waals surface area contributed by atoms with E-state index in [1.165, 1.54) is 6.20 Å². The average Bonchev–Trinajstić information content (AvgIpc) is 2.94. The normalized spacial score (nSPS) is 11.7. The van der Waals surface area contributed by atoms with Gasteiger partial charge in [0.2, 0.25) is 0 Å². The Hall–Kier alpha value is -2.84. The van der Waals surface area contributed by atoms with Crippen LogP contribution in [0.5, 0.6) is 0 Å². The first-order valence-corrected chi connectivity index (χ1v) is 5.78. The molecule has 0 atom stereocenters. The number of H-pyrrole nitrogens is 1. The summed E-state index contributed by atoms with van der Waals surface area (Å²) in [6.07, 6.45) is 1.35. The maximum absolute atomic E-state index is 12.3. The first-order chi connectivity index (χ1) is 9.45. The summed E-state index contributed by atoms with van der Waals surface area (Å²) in [6.45, 7) is 3.55. The van der Waals surface area contributed by atoms with E-state index in [1.54, 1.807) is 25.6 Å². The number of carbonyl (C=O) groups excluding carboxylic acids is 1. The molecule has 0 aromatic carbocycles. The van der Waals surface area contributed by atoms with Gasteiger partial charge >= 0.3 is 0 Å². The summed E-state index contributed by atoms with van der Waals surface area (Å²) in [5, 5.41) is 24.7. The molecule has 0 radical (unpaired) electrons. The predicted octanol–water partition coefficient (Wildman–Crippen LogP) is 0.107. The Kier molecular flexibility index (Phi) is 3.42. The van der Waals surface area contributed by atoms with Gasteiger partial charge in [0.1, 0.15) is 5.82 Å². The monoisotopic (exact) mass is 277 g/mol. The number of aromatic nitrogens is 4. The van der Waals surface area contributed by atoms with Crippen molar-refractivity contribution in [1.82, 2.24) is 20.0 Å². The first-order valence-electron chi connectivity index (χ1n) is 5.78. The van der Waals surface area contributed by atoms with Gasteiger partial charge in [-0.1, -0.05) is 5.16 Å². The predicted molar refractivity (Wildman–Crippen MR) is 71.7 cm³/mol. The van der Waals surface area contributed by atoms with E-state index in [9.17, 15) is 4.79 Å². The number of nitrogens with zero attached hydrogens (tertiary/aromatic N) is 4. The van der Waals surface area contributed by atoms with Crippen molar-refractivity contribution in [3.8, 4) is 0 Å². The number of amides is 1. The standard InChI is InChI=1S/C11H15N7O2/c1-5-8(6(2)18(3)16-5)11(19)14-10-7(4-13-15-10)9(12)17-20/h4,20H,1-3H3,(H2,12,17)(H2,13,14,15,19). The summed E-state index contributed by atoms with van der Waals surface area (Å²) < 4.78 is 1.63. The van der Waals surface area contributed by atoms with E-state index in [2.05, 4.69) is 25.8 Å². The van der Waals surface area contributed by atoms with E-state index in [4.69, 9.17) is 10.9 Å². The summed E-state index contributed by atoms with van der Waals surface area (Å²) in [6, 6.07) is 0. The number of hydrogen-bond donors (Lipinski definition) is 4. The molecule has 2 aromatic heterocycles. The lowest BCUT2D eigenvalue weighted by Crippen LogP contribution is -2.19. The van der Waals surface area contributed by atoms with E-state index in [1.807, 2.05) is 0 Å². The SMILES string of the molecule is Cc1nn(C)c(C)c1C(=O)Nc1[nH]ncc1C(N)=NO. The number of nitrogens with one attached hydrogen (secondary N) is 2. The zero-order chi connectivity index (χ0) is 14.9. The fourth-order valence-corrected chi connectivity index (χ4v) is 1.91. The average molecular weight is 277 g/mol. The molecule has 20 heavy (non-hydrogen) atoms. The molecule has 2 heterocycles. The highest BCUT2D eigenvalue weighted by Gasteiger charge is 2.20. The van der Waals surface area contributed by atoms with Gasteiger partial charge in [-0.2, -0.15) is 10.2 Å². The summed E-state index contributed by atoms with van der Waals surface area (Å²) in [7, 11) is 1.76. The van der Waals surface area contributed by atoms with Crippen molar-refractivity contribution in [3.63, 3.8) is 0 Å². The molecule has 0 aliphatic carbocycles. The number of aromatic amines is 1. The zero-order valence-electron chi connectivity index (χ0n) is 11.3. The Morgan fingerprint density at radius 2 is 2.25 bits per heavy atom. The largest absolute Gasteiger partial charge is 0.409 e. The van der Waals surface area contributed by atoms with Crippen LogP contribution < -0.4 is 11.1 Å². The Labute approximate surface area is 114 Å². The molecule has 2 rings (SSSR count). The number of anilines is 1. The second-order valence-electron chi connectivity index (χ2n) is 4.27. The van der Waals surface area contributed by atoms with Crippen molar-refractivity contribution in [2.45, 2.75) is 13.8 Å². The highest BCUT2D eigenvalue weighted by atomic mass is 16.4. The van der Waals surface area contributed by atoms with Crippen molar-refractivity contribution < 1.29 is 10.0 Å². The van der Waals surface area contributed by atoms with Gasteiger partial charge in [0.05, 0.1) is 23.0 Å². The molecule has 0 unspecified atom stereocenters. The summed E-state index contributed by atoms with van der Waals surface area (Å²) in [5.74, 6) is -0.231. The first kappa shape index (κ1) is 13.6. The van der Waals surface area contributed by atoms with Gasteiger partial charge in [-0.3, -0.25) is 14.6 Å². The lowest BCUT2D eigenvalue weighted by Gasteiger charge is -2.05. The van der Waals surface area contributed by atoms with Crippen LogP contribution in [0.3, 0.4) is 0 Å². The molecular weight excluding hydrogens is 262 g/mol. The van der Waals surface area contributed by atoms with Gasteiger partial charge in [-0.05, 0) is 13.8 Å². The molecule has 0 aliphatic rings. The molecule has 0 bridgehead atoms. The molecule has 0 aliphatic heterocycles. The third-order valence-corrected chi connectivity index (χ3v) is 3.00. The smallest absolute Gasteiger partial charge is 0.260 e. The van der Waals surface area contributed by atoms with E-state index in [0.29, 0.717) is 16.8 Å². The quantitative estimate of drug-likeness (QED) is 0.273. The van der Waals surface area contributed by atoms with Crippen LogP contribution in [0.1, 0.15) is 27.3 Å². The molecule has 106 valence electrons. The minimum atomic E-state index is -0.343. The number of rotatable bonds is 3. The van der Waals surface area contributed by atoms with Gasteiger partial charge in [0.15, 0.2) is 5.84 Å². The molecule has 5 N–H and O–H groups in total. The number of oxime groups is 1. The van der Waals surface area contributed by atoms with Crippen molar-refractivity contribution in [2.24, 2.45) is 17.9 Å². The molecule has 0 saturated carbocycles. The van der Waals surface area contributed by atoms with E-state index >= 15 is 0 Å². The third-order valence-electron chi connectivity index (χ3n) is 3.00. The summed E-state index contributed by atoms with van der Waals surface area (Å²) in [4.78, 5) is 12.3. The molecule has 0 fully saturated rings. The maximum atomic E-state index is 12.3. The van der Waals surface area contributed by atoms with E-state index < -0.39 is 0 Å². The van der Waals surface area contributed by atoms with E-state index in [0.717, 1.165) is 5.69 Å². The highest BCUT2D eigenvalue weighted by molar-refractivity contribution is 6.09. The van der Waals surface area contributed by atoms with Crippen molar-refractivity contribution >= 4 is 17.6 Å². The van der Waals surface area contributed by atoms with Crippen LogP contribution in [0, 0.1) is 13.8 Å². The maximum Gasteiger partial charge on any atom is 0.260 e. The Morgan fingerprint density at radius 3 is 2.80 bits per heavy atom. The van der Waals surface area contributed by atoms with Crippen LogP contribution in [-0.4, -0.2) is 36.9 Å². The van der Waals surface area contributed by atoms with Gasteiger partial charge in [-0.25, -0.2) is 0 Å².